The summed E-state index contributed by atoms with van der Waals surface area (Å²) in [5.74, 6) is 1.71. The molecule has 3 aliphatic carbocycles. The van der Waals surface area contributed by atoms with Crippen LogP contribution in [0.15, 0.2) is 90.7 Å². The van der Waals surface area contributed by atoms with Crippen molar-refractivity contribution < 1.29 is 62.7 Å². The number of ketones is 1. The summed E-state index contributed by atoms with van der Waals surface area (Å²) in [6.07, 6.45) is 6.30. The molecular formula is C79H116Br4N14O13. The average molecular weight is 1790 g/mol. The molecule has 6 N–H and O–H groups in total. The minimum absolute atomic E-state index is 0.0953. The molecule has 0 atom stereocenters. The molecule has 3 fully saturated rings. The van der Waals surface area contributed by atoms with Crippen molar-refractivity contribution in [2.45, 2.75) is 221 Å². The number of aryl methyl sites for hydroxylation is 2. The molecule has 0 bridgehead atoms. The minimum Gasteiger partial charge on any atom is -0.464 e. The molecule has 4 amide bonds. The van der Waals surface area contributed by atoms with E-state index in [1.54, 1.807) is 80.5 Å². The number of hydrogen-bond donors (Lipinski definition) is 5. The van der Waals surface area contributed by atoms with Crippen molar-refractivity contribution in [1.82, 2.24) is 49.5 Å². The highest BCUT2D eigenvalue weighted by atomic mass is 79.9. The van der Waals surface area contributed by atoms with Crippen LogP contribution >= 0.6 is 63.7 Å². The third kappa shape index (κ3) is 37.0. The van der Waals surface area contributed by atoms with Gasteiger partial charge in [-0.1, -0.05) is 18.6 Å². The van der Waals surface area contributed by atoms with Crippen LogP contribution in [0.1, 0.15) is 208 Å². The maximum atomic E-state index is 12.6. The molecule has 0 saturated heterocycles. The lowest BCUT2D eigenvalue weighted by molar-refractivity contribution is -0.123. The zero-order valence-electron chi connectivity index (χ0n) is 68.3. The number of anilines is 4. The number of aromatic nitrogens is 6. The SMILES string of the molecule is CC(C)(C)OC(=O)Nc1ccc(Br)c(CO)n1.CN(C)Cc1nc(N)ccc1C1CCC1.CN(C)Cc1nc(NC(=O)OC(C)(C)C)ccc1C1(O)CCC1.COC(=O)c1nc(N(C(=O)OC(C)(C)C)C(=O)OC(C)(C)C)ccc1Br.Cc1ccc(Br)c(CN(C)C)n1.Cc1ccc(Br)c(CN(C)C)n1.O=C1CCC1. The lowest BCUT2D eigenvalue weighted by Crippen LogP contribution is -2.44. The Morgan fingerprint density at radius 3 is 1.28 bits per heavy atom. The molecular weight excluding hydrogens is 1670 g/mol. The lowest BCUT2D eigenvalue weighted by Gasteiger charge is -2.38. The summed E-state index contributed by atoms with van der Waals surface area (Å²) in [6, 6.07) is 21.9. The second-order valence-electron chi connectivity index (χ2n) is 31.4. The Labute approximate surface area is 684 Å². The first kappa shape index (κ1) is 97.0. The molecule has 6 aromatic heterocycles. The number of aliphatic hydroxyl groups excluding tert-OH is 1. The molecule has 31 heteroatoms. The van der Waals surface area contributed by atoms with Gasteiger partial charge in [0.15, 0.2) is 5.69 Å². The van der Waals surface area contributed by atoms with Crippen LogP contribution in [0.3, 0.4) is 0 Å². The van der Waals surface area contributed by atoms with Gasteiger partial charge in [0.25, 0.3) is 0 Å². The third-order valence-electron chi connectivity index (χ3n) is 15.0. The van der Waals surface area contributed by atoms with E-state index in [-0.39, 0.29) is 18.1 Å². The van der Waals surface area contributed by atoms with Gasteiger partial charge in [-0.3, -0.25) is 25.4 Å². The Morgan fingerprint density at radius 1 is 0.509 bits per heavy atom. The molecule has 110 heavy (non-hydrogen) atoms. The number of imide groups is 1. The fourth-order valence-electron chi connectivity index (χ4n) is 9.73. The van der Waals surface area contributed by atoms with E-state index in [4.69, 9.17) is 29.8 Å². The number of carbonyl (C=O) groups is 6. The number of carbonyl (C=O) groups excluding carboxylic acids is 6. The largest absolute Gasteiger partial charge is 0.464 e. The summed E-state index contributed by atoms with van der Waals surface area (Å²) in [7, 11) is 17.4. The molecule has 0 unspecified atom stereocenters. The van der Waals surface area contributed by atoms with E-state index in [1.165, 1.54) is 44.1 Å². The van der Waals surface area contributed by atoms with Gasteiger partial charge in [-0.15, -0.1) is 0 Å². The molecule has 9 rings (SSSR count). The minimum atomic E-state index is -0.975. The molecule has 0 aliphatic heterocycles. The molecule has 0 spiro atoms. The van der Waals surface area contributed by atoms with Crippen LogP contribution in [-0.4, -0.2) is 182 Å². The summed E-state index contributed by atoms with van der Waals surface area (Å²) in [5, 5.41) is 24.8. The highest BCUT2D eigenvalue weighted by Crippen LogP contribution is 2.43. The smallest absolute Gasteiger partial charge is 0.425 e. The van der Waals surface area contributed by atoms with Crippen molar-refractivity contribution in [3.8, 4) is 0 Å². The fourth-order valence-corrected chi connectivity index (χ4v) is 11.1. The fraction of sp³-hybridized carbons (Fsp3) is 0.544. The Hall–Kier alpha value is -7.20. The number of nitrogen functional groups attached to an aromatic ring is 1. The summed E-state index contributed by atoms with van der Waals surface area (Å²) < 4.78 is 28.7. The normalized spacial score (nSPS) is 13.6. The molecule has 0 radical (unpaired) electrons. The summed E-state index contributed by atoms with van der Waals surface area (Å²) in [6.45, 7) is 27.8. The molecule has 0 aromatic carbocycles. The first-order valence-corrected chi connectivity index (χ1v) is 39.2. The van der Waals surface area contributed by atoms with Gasteiger partial charge in [0.2, 0.25) is 0 Å². The van der Waals surface area contributed by atoms with Crippen molar-refractivity contribution >= 4 is 123 Å². The average Bonchev–Trinajstić information content (AvgIpc) is 0.784. The van der Waals surface area contributed by atoms with Gasteiger partial charge in [0.1, 0.15) is 51.5 Å². The number of nitrogens with one attached hydrogen (secondary N) is 2. The zero-order chi connectivity index (χ0) is 83.4. The van der Waals surface area contributed by atoms with Gasteiger partial charge in [-0.05, 0) is 328 Å². The van der Waals surface area contributed by atoms with E-state index in [0.717, 1.165) is 113 Å². The van der Waals surface area contributed by atoms with Gasteiger partial charge < -0.3 is 59.2 Å². The first-order chi connectivity index (χ1) is 50.9. The van der Waals surface area contributed by atoms with E-state index in [0.29, 0.717) is 49.3 Å². The van der Waals surface area contributed by atoms with Crippen molar-refractivity contribution in [1.29, 1.82) is 0 Å². The van der Waals surface area contributed by atoms with Crippen LogP contribution < -0.4 is 21.3 Å². The van der Waals surface area contributed by atoms with Crippen LogP contribution in [-0.2, 0) is 66.9 Å². The number of nitrogens with zero attached hydrogens (tertiary/aromatic N) is 11. The maximum absolute atomic E-state index is 12.6. The number of pyridine rings is 6. The molecule has 27 nitrogen and oxygen atoms in total. The van der Waals surface area contributed by atoms with Crippen LogP contribution in [0.5, 0.6) is 0 Å². The van der Waals surface area contributed by atoms with Crippen LogP contribution in [0.2, 0.25) is 0 Å². The number of Topliss-reactive ketones (excluding diaryl/α,β-unsaturated/α-hetero) is 1. The number of nitrogens with two attached hydrogens (primary N) is 1. The van der Waals surface area contributed by atoms with Gasteiger partial charge in [-0.25, -0.2) is 43.9 Å². The topological polar surface area (TPSA) is 333 Å². The van der Waals surface area contributed by atoms with Crippen LogP contribution in [0, 0.1) is 13.8 Å². The van der Waals surface area contributed by atoms with Gasteiger partial charge in [0.05, 0.1) is 52.3 Å². The number of hydrogen-bond acceptors (Lipinski definition) is 24. The molecule has 608 valence electrons. The van der Waals surface area contributed by atoms with Crippen LogP contribution in [0.4, 0.5) is 42.4 Å². The predicted octanol–water partition coefficient (Wildman–Crippen LogP) is 17.0. The van der Waals surface area contributed by atoms with E-state index < -0.39 is 58.3 Å². The number of rotatable bonds is 15. The Bertz CT molecular complexity index is 3910. The van der Waals surface area contributed by atoms with Gasteiger partial charge in [0, 0.05) is 69.4 Å². The zero-order valence-corrected chi connectivity index (χ0v) is 74.6. The predicted molar refractivity (Wildman–Crippen MR) is 445 cm³/mol. The molecule has 6 aromatic rings. The highest BCUT2D eigenvalue weighted by Gasteiger charge is 2.39. The molecule has 3 saturated carbocycles. The number of ether oxygens (including phenoxy) is 5. The quantitative estimate of drug-likeness (QED) is 0.0471. The van der Waals surface area contributed by atoms with E-state index in [9.17, 15) is 33.9 Å². The van der Waals surface area contributed by atoms with E-state index in [1.807, 2.05) is 118 Å². The van der Waals surface area contributed by atoms with Crippen LogP contribution in [0.25, 0.3) is 0 Å². The second-order valence-corrected chi connectivity index (χ2v) is 34.8. The molecule has 6 heterocycles. The maximum Gasteiger partial charge on any atom is 0.425 e. The number of aliphatic hydroxyl groups is 2. The number of halogens is 4. The third-order valence-corrected chi connectivity index (χ3v) is 17.8. The summed E-state index contributed by atoms with van der Waals surface area (Å²) in [5.41, 5.74) is 11.0. The Morgan fingerprint density at radius 2 is 0.909 bits per heavy atom. The monoisotopic (exact) mass is 1780 g/mol. The molecule has 3 aliphatic rings. The number of methoxy groups -OCH3 is 1. The number of amides is 4. The van der Waals surface area contributed by atoms with Crippen molar-refractivity contribution in [3.05, 3.63) is 147 Å². The van der Waals surface area contributed by atoms with Gasteiger partial charge in [-0.2, -0.15) is 4.90 Å². The summed E-state index contributed by atoms with van der Waals surface area (Å²) in [4.78, 5) is 105. The number of esters is 1. The van der Waals surface area contributed by atoms with Crippen molar-refractivity contribution in [2.24, 2.45) is 0 Å². The highest BCUT2D eigenvalue weighted by molar-refractivity contribution is 9.11. The van der Waals surface area contributed by atoms with Crippen molar-refractivity contribution in [2.75, 3.05) is 84.8 Å². The standard InChI is InChI=1S/C17H23BrN2O6.C17H27N3O3.C12H19N3.C11H15BrN2O3.2C9H13BrN2.C4H6O/c1-16(2,3)25-14(22)20(15(23)26-17(4,5)6)11-9-8-10(18)12(19-11)13(21)24-7;1-16(2,3)23-15(21)19-14-8-7-12(17(22)9-6-10-17)13(18-14)11-20(4)5;1-15(2)8-11-10(9-4-3-5-9)6-7-12(13)14-11;1-11(2,3)17-10(16)14-9-5-4-7(12)8(6-15)13-9;2*1-7-4-5-8(10)9(11-7)6-12(2)3;5-4-2-1-3-4/h8-9H,1-7H3;7-8,22H,6,9-11H2,1-5H3,(H,18,19,21);6-7,9H,3-5,8H2,1-2H3,(H2,13,14);4-5,15H,6H2,1-3H3,(H,13,14,16);2*4-5H,6H2,1-3H3;1-3H2. The second kappa shape index (κ2) is 44.9. The van der Waals surface area contributed by atoms with E-state index >= 15 is 0 Å². The Balaban J connectivity index is 0.000000344. The van der Waals surface area contributed by atoms with Crippen molar-refractivity contribution in [3.63, 3.8) is 0 Å². The summed E-state index contributed by atoms with van der Waals surface area (Å²) >= 11 is 13.4. The van der Waals surface area contributed by atoms with E-state index in [2.05, 4.69) is 144 Å². The Kier molecular flexibility index (Phi) is 39.6. The lowest BCUT2D eigenvalue weighted by atomic mass is 9.74. The van der Waals surface area contributed by atoms with Gasteiger partial charge >= 0.3 is 30.3 Å². The first-order valence-electron chi connectivity index (χ1n) is 36.0.